The summed E-state index contributed by atoms with van der Waals surface area (Å²) in [5.41, 5.74) is 5.87. The molecule has 1 aliphatic rings. The van der Waals surface area contributed by atoms with Crippen LogP contribution >= 0.6 is 0 Å². The van der Waals surface area contributed by atoms with Gasteiger partial charge in [-0.1, -0.05) is 85.0 Å². The Labute approximate surface area is 186 Å². The molecule has 0 spiro atoms. The van der Waals surface area contributed by atoms with E-state index in [0.29, 0.717) is 0 Å². The first-order valence-electron chi connectivity index (χ1n) is 10.8. The first kappa shape index (κ1) is 18.6. The number of imidazole rings is 2. The number of fused-ring (bicyclic) bond motifs is 2. The van der Waals surface area contributed by atoms with Crippen molar-refractivity contribution in [1.82, 2.24) is 19.9 Å². The summed E-state index contributed by atoms with van der Waals surface area (Å²) in [5, 5.41) is 0. The molecule has 0 atom stereocenters. The number of allylic oxidation sites excluding steroid dienone is 5. The van der Waals surface area contributed by atoms with Crippen LogP contribution in [-0.4, -0.2) is 19.9 Å². The number of hydrogen-bond donors (Lipinski definition) is 2. The quantitative estimate of drug-likeness (QED) is 0.361. The minimum absolute atomic E-state index is 0.484. The number of benzene rings is 3. The minimum Gasteiger partial charge on any atom is -0.341 e. The fourth-order valence-corrected chi connectivity index (χ4v) is 4.33. The van der Waals surface area contributed by atoms with E-state index in [2.05, 4.69) is 76.7 Å². The van der Waals surface area contributed by atoms with E-state index in [9.17, 15) is 0 Å². The van der Waals surface area contributed by atoms with E-state index in [1.165, 1.54) is 11.1 Å². The molecule has 3 aromatic carbocycles. The topological polar surface area (TPSA) is 57.4 Å². The zero-order valence-corrected chi connectivity index (χ0v) is 17.5. The molecule has 0 fully saturated rings. The standard InChI is InChI=1S/C28H22N4/c1-2-8-20(9-3-1)14-15-21-16-18-28(19-17-21,26-29-22-10-4-5-11-23(22)30-26)27-31-24-12-6-7-13-25(24)32-27/h1-18H,19H2,(H,29,30)(H,31,32). The highest BCUT2D eigenvalue weighted by Crippen LogP contribution is 2.39. The molecule has 2 aromatic heterocycles. The molecule has 6 rings (SSSR count). The van der Waals surface area contributed by atoms with E-state index in [0.717, 1.165) is 40.1 Å². The van der Waals surface area contributed by atoms with E-state index in [-0.39, 0.29) is 0 Å². The van der Waals surface area contributed by atoms with Crippen LogP contribution in [0.4, 0.5) is 0 Å². The molecule has 0 amide bonds. The summed E-state index contributed by atoms with van der Waals surface area (Å²) in [5.74, 6) is 1.80. The van der Waals surface area contributed by atoms with Gasteiger partial charge in [-0.25, -0.2) is 9.97 Å². The lowest BCUT2D eigenvalue weighted by atomic mass is 9.78. The predicted molar refractivity (Wildman–Crippen MR) is 130 cm³/mol. The molecule has 32 heavy (non-hydrogen) atoms. The summed E-state index contributed by atoms with van der Waals surface area (Å²) in [4.78, 5) is 17.0. The number of rotatable bonds is 4. The monoisotopic (exact) mass is 414 g/mol. The summed E-state index contributed by atoms with van der Waals surface area (Å²) in [6, 6.07) is 26.7. The molecule has 0 radical (unpaired) electrons. The van der Waals surface area contributed by atoms with Crippen LogP contribution in [0.25, 0.3) is 28.1 Å². The van der Waals surface area contributed by atoms with Gasteiger partial charge in [0.15, 0.2) is 0 Å². The maximum Gasteiger partial charge on any atom is 0.125 e. The lowest BCUT2D eigenvalue weighted by Gasteiger charge is -2.28. The highest BCUT2D eigenvalue weighted by molar-refractivity contribution is 5.77. The number of hydrogen-bond acceptors (Lipinski definition) is 2. The molecular formula is C28H22N4. The molecule has 0 aliphatic heterocycles. The molecule has 0 unspecified atom stereocenters. The Bertz CT molecular complexity index is 1360. The third-order valence-electron chi connectivity index (χ3n) is 6.11. The molecule has 0 saturated carbocycles. The summed E-state index contributed by atoms with van der Waals surface area (Å²) in [7, 11) is 0. The van der Waals surface area contributed by atoms with E-state index < -0.39 is 5.41 Å². The molecule has 5 aromatic rings. The Morgan fingerprint density at radius 3 is 1.84 bits per heavy atom. The highest BCUT2D eigenvalue weighted by Gasteiger charge is 2.38. The molecule has 2 heterocycles. The van der Waals surface area contributed by atoms with Crippen LogP contribution in [-0.2, 0) is 5.41 Å². The maximum absolute atomic E-state index is 4.96. The summed E-state index contributed by atoms with van der Waals surface area (Å²) < 4.78 is 0. The number of aromatic nitrogens is 4. The zero-order valence-electron chi connectivity index (χ0n) is 17.5. The van der Waals surface area contributed by atoms with Gasteiger partial charge in [-0.05, 0) is 41.8 Å². The van der Waals surface area contributed by atoms with Gasteiger partial charge in [-0.3, -0.25) is 0 Å². The Balaban J connectivity index is 1.43. The average Bonchev–Trinajstić information content (AvgIpc) is 3.49. The number of nitrogens with zero attached hydrogens (tertiary/aromatic N) is 2. The Morgan fingerprint density at radius 2 is 1.28 bits per heavy atom. The van der Waals surface area contributed by atoms with Crippen molar-refractivity contribution >= 4 is 28.1 Å². The van der Waals surface area contributed by atoms with Gasteiger partial charge in [0, 0.05) is 0 Å². The van der Waals surface area contributed by atoms with Gasteiger partial charge >= 0.3 is 0 Å². The second-order valence-corrected chi connectivity index (χ2v) is 8.16. The van der Waals surface area contributed by atoms with Crippen molar-refractivity contribution in [2.75, 3.05) is 0 Å². The van der Waals surface area contributed by atoms with Crippen molar-refractivity contribution in [3.8, 4) is 0 Å². The number of para-hydroxylation sites is 4. The van der Waals surface area contributed by atoms with Crippen LogP contribution in [0.5, 0.6) is 0 Å². The number of nitrogens with one attached hydrogen (secondary N) is 2. The van der Waals surface area contributed by atoms with Gasteiger partial charge in [0.1, 0.15) is 17.1 Å². The zero-order chi connectivity index (χ0) is 21.4. The lowest BCUT2D eigenvalue weighted by Crippen LogP contribution is -2.29. The lowest BCUT2D eigenvalue weighted by molar-refractivity contribution is 0.575. The van der Waals surface area contributed by atoms with Crippen LogP contribution in [0.2, 0.25) is 0 Å². The normalized spacial score (nSPS) is 15.6. The SMILES string of the molecule is C(=Cc1ccccc1)C1=CCC(c2nc3ccccc3[nH]2)(c2nc3ccccc3[nH]2)C=C1. The van der Waals surface area contributed by atoms with E-state index in [1.807, 2.05) is 42.5 Å². The molecule has 154 valence electrons. The molecule has 4 heteroatoms. The summed E-state index contributed by atoms with van der Waals surface area (Å²) in [6.45, 7) is 0. The van der Waals surface area contributed by atoms with Gasteiger partial charge in [0.2, 0.25) is 0 Å². The van der Waals surface area contributed by atoms with Crippen LogP contribution in [0.15, 0.2) is 109 Å². The smallest absolute Gasteiger partial charge is 0.125 e. The van der Waals surface area contributed by atoms with Crippen LogP contribution in [0, 0.1) is 0 Å². The molecular weight excluding hydrogens is 392 g/mol. The van der Waals surface area contributed by atoms with Crippen LogP contribution in [0.3, 0.4) is 0 Å². The van der Waals surface area contributed by atoms with Crippen molar-refractivity contribution in [2.24, 2.45) is 0 Å². The number of H-pyrrole nitrogens is 2. The van der Waals surface area contributed by atoms with Gasteiger partial charge < -0.3 is 9.97 Å². The Hall–Kier alpha value is -4.18. The third-order valence-corrected chi connectivity index (χ3v) is 6.11. The maximum atomic E-state index is 4.96. The molecule has 0 bridgehead atoms. The molecule has 2 N–H and O–H groups in total. The first-order chi connectivity index (χ1) is 15.8. The van der Waals surface area contributed by atoms with E-state index >= 15 is 0 Å². The largest absolute Gasteiger partial charge is 0.341 e. The van der Waals surface area contributed by atoms with Gasteiger partial charge in [0.25, 0.3) is 0 Å². The van der Waals surface area contributed by atoms with Crippen LogP contribution < -0.4 is 0 Å². The van der Waals surface area contributed by atoms with Crippen molar-refractivity contribution in [3.63, 3.8) is 0 Å². The second-order valence-electron chi connectivity index (χ2n) is 8.16. The van der Waals surface area contributed by atoms with Crippen molar-refractivity contribution < 1.29 is 0 Å². The Kier molecular flexibility index (Phi) is 4.36. The van der Waals surface area contributed by atoms with Crippen molar-refractivity contribution in [2.45, 2.75) is 11.8 Å². The van der Waals surface area contributed by atoms with Gasteiger partial charge in [-0.2, -0.15) is 0 Å². The summed E-state index contributed by atoms with van der Waals surface area (Å²) >= 11 is 0. The van der Waals surface area contributed by atoms with Crippen molar-refractivity contribution in [1.29, 1.82) is 0 Å². The van der Waals surface area contributed by atoms with Crippen LogP contribution in [0.1, 0.15) is 23.6 Å². The minimum atomic E-state index is -0.484. The fraction of sp³-hybridized carbons (Fsp3) is 0.0714. The van der Waals surface area contributed by atoms with E-state index in [4.69, 9.17) is 9.97 Å². The van der Waals surface area contributed by atoms with Gasteiger partial charge in [-0.15, -0.1) is 0 Å². The summed E-state index contributed by atoms with van der Waals surface area (Å²) in [6.07, 6.45) is 11.7. The van der Waals surface area contributed by atoms with Gasteiger partial charge in [0.05, 0.1) is 22.1 Å². The Morgan fingerprint density at radius 1 is 0.688 bits per heavy atom. The number of aromatic amines is 2. The highest BCUT2D eigenvalue weighted by atomic mass is 15.0. The third kappa shape index (κ3) is 3.17. The second kappa shape index (κ2) is 7.50. The van der Waals surface area contributed by atoms with Crippen molar-refractivity contribution in [3.05, 3.63) is 126 Å². The predicted octanol–water partition coefficient (Wildman–Crippen LogP) is 6.33. The fourth-order valence-electron chi connectivity index (χ4n) is 4.33. The molecule has 4 nitrogen and oxygen atoms in total. The molecule has 0 saturated heterocycles. The van der Waals surface area contributed by atoms with E-state index in [1.54, 1.807) is 0 Å². The first-order valence-corrected chi connectivity index (χ1v) is 10.8. The molecule has 1 aliphatic carbocycles. The average molecular weight is 415 g/mol.